The van der Waals surface area contributed by atoms with Gasteiger partial charge in [-0.05, 0) is 7.05 Å². The summed E-state index contributed by atoms with van der Waals surface area (Å²) in [6.45, 7) is 4.16. The third kappa shape index (κ3) is 1.97. The van der Waals surface area contributed by atoms with Gasteiger partial charge in [0.2, 0.25) is 0 Å². The molecule has 2 aliphatic rings. The highest BCUT2D eigenvalue weighted by molar-refractivity contribution is 7.98. The van der Waals surface area contributed by atoms with Crippen molar-refractivity contribution in [3.63, 3.8) is 0 Å². The maximum atomic E-state index is 4.65. The van der Waals surface area contributed by atoms with Crippen LogP contribution in [0.3, 0.4) is 0 Å². The summed E-state index contributed by atoms with van der Waals surface area (Å²) in [7, 11) is 2.15. The van der Waals surface area contributed by atoms with Crippen molar-refractivity contribution in [2.45, 2.75) is 18.3 Å². The molecule has 1 unspecified atom stereocenters. The van der Waals surface area contributed by atoms with Crippen molar-refractivity contribution in [2.75, 3.05) is 32.4 Å². The van der Waals surface area contributed by atoms with Crippen molar-refractivity contribution >= 4 is 11.8 Å². The van der Waals surface area contributed by atoms with Crippen LogP contribution in [0.2, 0.25) is 0 Å². The lowest BCUT2D eigenvalue weighted by Crippen LogP contribution is -2.44. The number of thioether (sulfide) groups is 1. The van der Waals surface area contributed by atoms with Gasteiger partial charge >= 0.3 is 0 Å². The predicted octanol–water partition coefficient (Wildman–Crippen LogP) is 0.101. The topological polar surface area (TPSA) is 46.0 Å². The number of nitrogens with zero attached hydrogens (tertiary/aromatic N) is 4. The predicted molar refractivity (Wildman–Crippen MR) is 64.4 cm³/mol. The monoisotopic (exact) mass is 239 g/mol. The molecule has 88 valence electrons. The van der Waals surface area contributed by atoms with Gasteiger partial charge in [-0.3, -0.25) is 0 Å². The molecule has 0 amide bonds. The average Bonchev–Trinajstić information content (AvgIpc) is 2.72. The standard InChI is InChI=1S/C10H17N5S/c1-14-3-2-11-8(6-14)10-12-9-7-16-5-4-15(9)13-10/h8,11H,2-7H2,1H3. The average molecular weight is 239 g/mol. The van der Waals surface area contributed by atoms with Crippen molar-refractivity contribution in [3.8, 4) is 0 Å². The first kappa shape index (κ1) is 10.6. The van der Waals surface area contributed by atoms with Gasteiger partial charge in [0.25, 0.3) is 0 Å². The SMILES string of the molecule is CN1CCNC(c2nc3n(n2)CCSC3)C1. The first-order valence-corrected chi connectivity index (χ1v) is 6.92. The fraction of sp³-hybridized carbons (Fsp3) is 0.800. The van der Waals surface area contributed by atoms with Crippen molar-refractivity contribution in [2.24, 2.45) is 0 Å². The van der Waals surface area contributed by atoms with Crippen molar-refractivity contribution in [1.82, 2.24) is 25.0 Å². The van der Waals surface area contributed by atoms with E-state index in [9.17, 15) is 0 Å². The van der Waals surface area contributed by atoms with Gasteiger partial charge in [0, 0.05) is 25.4 Å². The Morgan fingerprint density at radius 3 is 3.19 bits per heavy atom. The van der Waals surface area contributed by atoms with Gasteiger partial charge in [-0.15, -0.1) is 0 Å². The lowest BCUT2D eigenvalue weighted by atomic mass is 10.2. The molecular formula is C10H17N5S. The Kier molecular flexibility index (Phi) is 2.87. The van der Waals surface area contributed by atoms with Crippen LogP contribution in [0.1, 0.15) is 17.7 Å². The van der Waals surface area contributed by atoms with Gasteiger partial charge in [-0.2, -0.15) is 16.9 Å². The van der Waals surface area contributed by atoms with E-state index in [1.165, 1.54) is 0 Å². The number of fused-ring (bicyclic) bond motifs is 1. The highest BCUT2D eigenvalue weighted by Gasteiger charge is 2.24. The molecule has 1 fully saturated rings. The Balaban J connectivity index is 1.80. The second kappa shape index (κ2) is 4.35. The highest BCUT2D eigenvalue weighted by Crippen LogP contribution is 2.20. The van der Waals surface area contributed by atoms with Gasteiger partial charge < -0.3 is 10.2 Å². The summed E-state index contributed by atoms with van der Waals surface area (Å²) in [5.41, 5.74) is 0. The third-order valence-corrected chi connectivity index (χ3v) is 4.07. The first-order valence-electron chi connectivity index (χ1n) is 5.76. The van der Waals surface area contributed by atoms with Crippen LogP contribution in [0.25, 0.3) is 0 Å². The Bertz CT molecular complexity index is 354. The second-order valence-electron chi connectivity index (χ2n) is 4.43. The summed E-state index contributed by atoms with van der Waals surface area (Å²) in [4.78, 5) is 6.98. The second-order valence-corrected chi connectivity index (χ2v) is 5.54. The molecule has 0 bridgehead atoms. The molecular weight excluding hydrogens is 222 g/mol. The zero-order chi connectivity index (χ0) is 11.0. The van der Waals surface area contributed by atoms with Gasteiger partial charge in [-0.1, -0.05) is 0 Å². The zero-order valence-corrected chi connectivity index (χ0v) is 10.3. The number of aryl methyl sites for hydroxylation is 1. The summed E-state index contributed by atoms with van der Waals surface area (Å²) in [6, 6.07) is 0.307. The fourth-order valence-electron chi connectivity index (χ4n) is 2.21. The zero-order valence-electron chi connectivity index (χ0n) is 9.52. The summed E-state index contributed by atoms with van der Waals surface area (Å²) >= 11 is 1.94. The smallest absolute Gasteiger partial charge is 0.169 e. The van der Waals surface area contributed by atoms with Crippen molar-refractivity contribution in [3.05, 3.63) is 11.6 Å². The minimum Gasteiger partial charge on any atom is -0.305 e. The number of rotatable bonds is 1. The summed E-state index contributed by atoms with van der Waals surface area (Å²) in [5, 5.41) is 8.10. The van der Waals surface area contributed by atoms with Crippen molar-refractivity contribution < 1.29 is 0 Å². The number of nitrogens with one attached hydrogen (secondary N) is 1. The molecule has 0 aliphatic carbocycles. The molecule has 6 heteroatoms. The lowest BCUT2D eigenvalue weighted by Gasteiger charge is -2.29. The Labute approximate surface area is 99.6 Å². The van der Waals surface area contributed by atoms with Gasteiger partial charge in [-0.25, -0.2) is 9.67 Å². The molecule has 2 aliphatic heterocycles. The minimum atomic E-state index is 0.307. The third-order valence-electron chi connectivity index (χ3n) is 3.13. The number of hydrogen-bond acceptors (Lipinski definition) is 5. The molecule has 1 N–H and O–H groups in total. The molecule has 1 saturated heterocycles. The number of likely N-dealkylation sites (N-methyl/N-ethyl adjacent to an activating group) is 1. The van der Waals surface area contributed by atoms with Crippen LogP contribution in [0.4, 0.5) is 0 Å². The highest BCUT2D eigenvalue weighted by atomic mass is 32.2. The molecule has 3 rings (SSSR count). The molecule has 16 heavy (non-hydrogen) atoms. The van der Waals surface area contributed by atoms with E-state index in [4.69, 9.17) is 0 Å². The van der Waals surface area contributed by atoms with E-state index in [2.05, 4.69) is 32.0 Å². The van der Waals surface area contributed by atoms with Crippen LogP contribution in [-0.2, 0) is 12.3 Å². The number of piperazine rings is 1. The summed E-state index contributed by atoms with van der Waals surface area (Å²) < 4.78 is 2.07. The van der Waals surface area contributed by atoms with Gasteiger partial charge in [0.15, 0.2) is 5.82 Å². The van der Waals surface area contributed by atoms with E-state index in [1.807, 2.05) is 11.8 Å². The Morgan fingerprint density at radius 1 is 1.44 bits per heavy atom. The molecule has 0 aromatic carbocycles. The van der Waals surface area contributed by atoms with E-state index in [0.29, 0.717) is 6.04 Å². The maximum Gasteiger partial charge on any atom is 0.169 e. The number of hydrogen-bond donors (Lipinski definition) is 1. The van der Waals surface area contributed by atoms with E-state index in [-0.39, 0.29) is 0 Å². The molecule has 0 saturated carbocycles. The maximum absolute atomic E-state index is 4.65. The van der Waals surface area contributed by atoms with Crippen LogP contribution in [-0.4, -0.2) is 52.1 Å². The van der Waals surface area contributed by atoms with Gasteiger partial charge in [0.1, 0.15) is 5.82 Å². The molecule has 0 spiro atoms. The lowest BCUT2D eigenvalue weighted by molar-refractivity contribution is 0.235. The van der Waals surface area contributed by atoms with E-state index < -0.39 is 0 Å². The summed E-state index contributed by atoms with van der Waals surface area (Å²) in [5.74, 6) is 4.29. The van der Waals surface area contributed by atoms with Crippen LogP contribution in [0.5, 0.6) is 0 Å². The summed E-state index contributed by atoms with van der Waals surface area (Å²) in [6.07, 6.45) is 0. The van der Waals surface area contributed by atoms with Crippen molar-refractivity contribution in [1.29, 1.82) is 0 Å². The number of aromatic nitrogens is 3. The quantitative estimate of drug-likeness (QED) is 0.753. The van der Waals surface area contributed by atoms with Crippen LogP contribution >= 0.6 is 11.8 Å². The van der Waals surface area contributed by atoms with Crippen LogP contribution in [0.15, 0.2) is 0 Å². The molecule has 1 aromatic rings. The molecule has 5 nitrogen and oxygen atoms in total. The Morgan fingerprint density at radius 2 is 2.38 bits per heavy atom. The normalized spacial score (nSPS) is 26.7. The molecule has 0 radical (unpaired) electrons. The molecule has 3 heterocycles. The van der Waals surface area contributed by atoms with E-state index in [1.54, 1.807) is 0 Å². The largest absolute Gasteiger partial charge is 0.305 e. The van der Waals surface area contributed by atoms with E-state index in [0.717, 1.165) is 49.3 Å². The molecule has 1 aromatic heterocycles. The first-order chi connectivity index (χ1) is 7.83. The fourth-order valence-corrected chi connectivity index (χ4v) is 3.05. The van der Waals surface area contributed by atoms with Gasteiger partial charge in [0.05, 0.1) is 18.3 Å². The van der Waals surface area contributed by atoms with Crippen LogP contribution in [0, 0.1) is 0 Å². The Hall–Kier alpha value is -0.590. The minimum absolute atomic E-state index is 0.307. The molecule has 1 atom stereocenters. The van der Waals surface area contributed by atoms with Crippen LogP contribution < -0.4 is 5.32 Å². The van der Waals surface area contributed by atoms with E-state index >= 15 is 0 Å².